The molecule has 1 aromatic heterocycles. The molecule has 2 aliphatic rings. The highest BCUT2D eigenvalue weighted by Crippen LogP contribution is 2.23. The molecule has 0 bridgehead atoms. The lowest BCUT2D eigenvalue weighted by Crippen LogP contribution is -2.53. The Morgan fingerprint density at radius 3 is 3.00 bits per heavy atom. The number of nitrogens with zero attached hydrogens (tertiary/aromatic N) is 3. The maximum absolute atomic E-state index is 12.5. The van der Waals surface area contributed by atoms with Crippen LogP contribution < -0.4 is 0 Å². The van der Waals surface area contributed by atoms with E-state index in [2.05, 4.69) is 4.98 Å². The molecule has 7 nitrogen and oxygen atoms in total. The van der Waals surface area contributed by atoms with E-state index in [0.717, 1.165) is 0 Å². The Kier molecular flexibility index (Phi) is 3.11. The van der Waals surface area contributed by atoms with Crippen molar-refractivity contribution in [1.82, 2.24) is 14.8 Å². The van der Waals surface area contributed by atoms with Crippen molar-refractivity contribution in [1.29, 1.82) is 0 Å². The normalized spacial score (nSPS) is 22.1. The minimum Gasteiger partial charge on any atom is -0.447 e. The van der Waals surface area contributed by atoms with Crippen LogP contribution in [0.2, 0.25) is 0 Å². The van der Waals surface area contributed by atoms with E-state index in [-0.39, 0.29) is 24.0 Å². The summed E-state index contributed by atoms with van der Waals surface area (Å²) in [6.45, 7) is 5.74. The van der Waals surface area contributed by atoms with Gasteiger partial charge < -0.3 is 14.1 Å². The maximum atomic E-state index is 12.5. The van der Waals surface area contributed by atoms with E-state index >= 15 is 0 Å². The number of oxazole rings is 1. The largest absolute Gasteiger partial charge is 0.447 e. The Morgan fingerprint density at radius 1 is 1.45 bits per heavy atom. The Bertz CT molecular complexity index is 539. The Morgan fingerprint density at radius 2 is 2.25 bits per heavy atom. The molecule has 7 heteroatoms. The van der Waals surface area contributed by atoms with Crippen molar-refractivity contribution in [3.63, 3.8) is 0 Å². The van der Waals surface area contributed by atoms with Gasteiger partial charge in [-0.2, -0.15) is 0 Å². The van der Waals surface area contributed by atoms with Crippen LogP contribution in [0.15, 0.2) is 10.8 Å². The third-order valence-corrected chi connectivity index (χ3v) is 3.73. The first-order chi connectivity index (χ1) is 9.58. The number of fused-ring (bicyclic) bond motifs is 1. The standard InChI is InChI=1S/C13H17N3O4/c1-8(2)11-10(14-7-20-11)12(17)15-3-4-16-9(5-15)6-19-13(16)18/h7-9H,3-6H2,1-2H3. The van der Waals surface area contributed by atoms with E-state index in [4.69, 9.17) is 9.15 Å². The number of hydrogen-bond donors (Lipinski definition) is 0. The van der Waals surface area contributed by atoms with Crippen molar-refractivity contribution in [2.45, 2.75) is 25.8 Å². The van der Waals surface area contributed by atoms with E-state index in [1.165, 1.54) is 6.39 Å². The molecule has 0 aromatic carbocycles. The van der Waals surface area contributed by atoms with E-state index in [9.17, 15) is 9.59 Å². The first-order valence-electron chi connectivity index (χ1n) is 6.74. The lowest BCUT2D eigenvalue weighted by molar-refractivity contribution is 0.0609. The maximum Gasteiger partial charge on any atom is 0.410 e. The Labute approximate surface area is 116 Å². The van der Waals surface area contributed by atoms with Crippen LogP contribution in [0.3, 0.4) is 0 Å². The lowest BCUT2D eigenvalue weighted by Gasteiger charge is -2.35. The average molecular weight is 279 g/mol. The topological polar surface area (TPSA) is 75.9 Å². The SMILES string of the molecule is CC(C)c1ocnc1C(=O)N1CCN2C(=O)OCC2C1. The molecule has 0 saturated carbocycles. The molecular formula is C13H17N3O4. The number of ether oxygens (including phenoxy) is 1. The second kappa shape index (κ2) is 4.81. The van der Waals surface area contributed by atoms with Crippen molar-refractivity contribution in [3.8, 4) is 0 Å². The molecule has 108 valence electrons. The molecule has 3 heterocycles. The van der Waals surface area contributed by atoms with Crippen molar-refractivity contribution in [2.24, 2.45) is 0 Å². The van der Waals surface area contributed by atoms with Crippen LogP contribution in [0, 0.1) is 0 Å². The van der Waals surface area contributed by atoms with Gasteiger partial charge in [0.05, 0.1) is 6.04 Å². The average Bonchev–Trinajstić information content (AvgIpc) is 3.05. The Balaban J connectivity index is 1.75. The molecule has 0 radical (unpaired) electrons. The molecule has 2 amide bonds. The predicted molar refractivity (Wildman–Crippen MR) is 68.3 cm³/mol. The first kappa shape index (κ1) is 13.0. The zero-order valence-corrected chi connectivity index (χ0v) is 11.5. The number of hydrogen-bond acceptors (Lipinski definition) is 5. The molecule has 3 rings (SSSR count). The van der Waals surface area contributed by atoms with Crippen molar-refractivity contribution in [2.75, 3.05) is 26.2 Å². The number of amides is 2. The van der Waals surface area contributed by atoms with Crippen LogP contribution in [-0.2, 0) is 4.74 Å². The summed E-state index contributed by atoms with van der Waals surface area (Å²) >= 11 is 0. The minimum atomic E-state index is -0.286. The summed E-state index contributed by atoms with van der Waals surface area (Å²) < 4.78 is 10.3. The van der Waals surface area contributed by atoms with E-state index in [1.54, 1.807) is 9.80 Å². The molecule has 1 atom stereocenters. The van der Waals surface area contributed by atoms with E-state index < -0.39 is 0 Å². The third-order valence-electron chi connectivity index (χ3n) is 3.73. The number of carbonyl (C=O) groups excluding carboxylic acids is 2. The Hall–Kier alpha value is -2.05. The summed E-state index contributed by atoms with van der Waals surface area (Å²) in [5.41, 5.74) is 0.374. The molecule has 1 unspecified atom stereocenters. The molecule has 20 heavy (non-hydrogen) atoms. The summed E-state index contributed by atoms with van der Waals surface area (Å²) in [5.74, 6) is 0.576. The van der Waals surface area contributed by atoms with Gasteiger partial charge >= 0.3 is 6.09 Å². The zero-order chi connectivity index (χ0) is 14.3. The fourth-order valence-electron chi connectivity index (χ4n) is 2.65. The van der Waals surface area contributed by atoms with Gasteiger partial charge in [-0.25, -0.2) is 9.78 Å². The van der Waals surface area contributed by atoms with Gasteiger partial charge in [-0.3, -0.25) is 9.69 Å². The van der Waals surface area contributed by atoms with Gasteiger partial charge in [-0.1, -0.05) is 13.8 Å². The number of cyclic esters (lactones) is 1. The van der Waals surface area contributed by atoms with Crippen molar-refractivity contribution >= 4 is 12.0 Å². The molecule has 0 aliphatic carbocycles. The summed E-state index contributed by atoms with van der Waals surface area (Å²) in [6.07, 6.45) is 1.02. The van der Waals surface area contributed by atoms with Gasteiger partial charge in [0.25, 0.3) is 5.91 Å². The van der Waals surface area contributed by atoms with Crippen LogP contribution in [0.5, 0.6) is 0 Å². The van der Waals surface area contributed by atoms with Crippen LogP contribution in [0.4, 0.5) is 4.79 Å². The van der Waals surface area contributed by atoms with Crippen LogP contribution >= 0.6 is 0 Å². The highest BCUT2D eigenvalue weighted by Gasteiger charge is 2.39. The summed E-state index contributed by atoms with van der Waals surface area (Å²) in [5, 5.41) is 0. The van der Waals surface area contributed by atoms with Crippen molar-refractivity contribution in [3.05, 3.63) is 17.8 Å². The van der Waals surface area contributed by atoms with Crippen molar-refractivity contribution < 1.29 is 18.7 Å². The first-order valence-corrected chi connectivity index (χ1v) is 6.74. The molecule has 0 spiro atoms. The van der Waals surface area contributed by atoms with E-state index in [1.807, 2.05) is 13.8 Å². The van der Waals surface area contributed by atoms with Gasteiger partial charge in [0.2, 0.25) is 0 Å². The van der Waals surface area contributed by atoms with Crippen LogP contribution in [0.1, 0.15) is 36.0 Å². The molecule has 2 aliphatic heterocycles. The summed E-state index contributed by atoms with van der Waals surface area (Å²) in [7, 11) is 0. The minimum absolute atomic E-state index is 0.0467. The van der Waals surface area contributed by atoms with Gasteiger partial charge in [-0.15, -0.1) is 0 Å². The lowest BCUT2D eigenvalue weighted by atomic mass is 10.1. The summed E-state index contributed by atoms with van der Waals surface area (Å²) in [4.78, 5) is 31.4. The predicted octanol–water partition coefficient (Wildman–Crippen LogP) is 1.07. The molecule has 0 N–H and O–H groups in total. The number of piperazine rings is 1. The number of carbonyl (C=O) groups is 2. The molecular weight excluding hydrogens is 262 g/mol. The fraction of sp³-hybridized carbons (Fsp3) is 0.615. The van der Waals surface area contributed by atoms with Gasteiger partial charge in [-0.05, 0) is 0 Å². The quantitative estimate of drug-likeness (QED) is 0.809. The molecule has 2 saturated heterocycles. The number of aromatic nitrogens is 1. The summed E-state index contributed by atoms with van der Waals surface area (Å²) in [6, 6.07) is -0.0467. The van der Waals surface area contributed by atoms with Gasteiger partial charge in [0.1, 0.15) is 12.4 Å². The fourth-order valence-corrected chi connectivity index (χ4v) is 2.65. The third kappa shape index (κ3) is 2.03. The number of rotatable bonds is 2. The highest BCUT2D eigenvalue weighted by atomic mass is 16.6. The highest BCUT2D eigenvalue weighted by molar-refractivity contribution is 5.93. The smallest absolute Gasteiger partial charge is 0.410 e. The van der Waals surface area contributed by atoms with Crippen LogP contribution in [0.25, 0.3) is 0 Å². The molecule has 2 fully saturated rings. The van der Waals surface area contributed by atoms with Gasteiger partial charge in [0, 0.05) is 25.6 Å². The van der Waals surface area contributed by atoms with Gasteiger partial charge in [0.15, 0.2) is 12.1 Å². The molecule has 1 aromatic rings. The second-order valence-electron chi connectivity index (χ2n) is 5.40. The second-order valence-corrected chi connectivity index (χ2v) is 5.40. The van der Waals surface area contributed by atoms with Crippen LogP contribution in [-0.4, -0.2) is 59.1 Å². The monoisotopic (exact) mass is 279 g/mol. The van der Waals surface area contributed by atoms with E-state index in [0.29, 0.717) is 37.7 Å². The zero-order valence-electron chi connectivity index (χ0n) is 11.5.